The zero-order valence-corrected chi connectivity index (χ0v) is 10.4. The molecular weight excluding hydrogens is 228 g/mol. The largest absolute Gasteiger partial charge is 0.229 e. The van der Waals surface area contributed by atoms with Gasteiger partial charge in [0.05, 0.1) is 10.5 Å². The maximum absolute atomic E-state index is 10.4. The molecule has 0 rings (SSSR count). The van der Waals surface area contributed by atoms with Gasteiger partial charge in [-0.25, -0.2) is 27.1 Å². The highest BCUT2D eigenvalue weighted by atomic mass is 32.2. The predicted molar refractivity (Wildman–Crippen MR) is 56.5 cm³/mol. The van der Waals surface area contributed by atoms with Crippen molar-refractivity contribution in [2.75, 3.05) is 5.75 Å². The van der Waals surface area contributed by atoms with Crippen LogP contribution in [-0.4, -0.2) is 27.3 Å². The molecule has 0 atom stereocenters. The first-order valence-corrected chi connectivity index (χ1v) is 7.10. The second-order valence-electron chi connectivity index (χ2n) is 3.61. The molecule has 88 valence electrons. The molecule has 0 heterocycles. The van der Waals surface area contributed by atoms with E-state index in [2.05, 4.69) is 5.14 Å². The average Bonchev–Trinajstić information content (AvgIpc) is 1.82. The molecule has 0 fully saturated rings. The fourth-order valence-corrected chi connectivity index (χ4v) is 0. The molecule has 8 heteroatoms. The minimum atomic E-state index is -3.34. The third-order valence-corrected chi connectivity index (χ3v) is 3.77. The number of hydrogen-bond donors (Lipinski definition) is 2. The number of sulfonamides is 2. The molecule has 4 N–H and O–H groups in total. The van der Waals surface area contributed by atoms with Gasteiger partial charge in [0.25, 0.3) is 0 Å². The Morgan fingerprint density at radius 1 is 1.00 bits per heavy atom. The predicted octanol–water partition coefficient (Wildman–Crippen LogP) is -0.632. The van der Waals surface area contributed by atoms with E-state index in [1.807, 2.05) is 0 Å². The van der Waals surface area contributed by atoms with Crippen LogP contribution in [0.5, 0.6) is 0 Å². The highest BCUT2D eigenvalue weighted by Crippen LogP contribution is 2.09. The lowest BCUT2D eigenvalue weighted by molar-refractivity contribution is 0.562. The van der Waals surface area contributed by atoms with E-state index in [0.717, 1.165) is 0 Å². The highest BCUT2D eigenvalue weighted by molar-refractivity contribution is 7.90. The van der Waals surface area contributed by atoms with Crippen molar-refractivity contribution in [3.05, 3.63) is 0 Å². The van der Waals surface area contributed by atoms with Crippen molar-refractivity contribution in [3.8, 4) is 0 Å². The lowest BCUT2D eigenvalue weighted by Gasteiger charge is -2.13. The van der Waals surface area contributed by atoms with E-state index >= 15 is 0 Å². The first-order chi connectivity index (χ1) is 5.81. The van der Waals surface area contributed by atoms with E-state index in [0.29, 0.717) is 0 Å². The van der Waals surface area contributed by atoms with Crippen LogP contribution >= 0.6 is 0 Å². The van der Waals surface area contributed by atoms with Crippen molar-refractivity contribution in [1.82, 2.24) is 0 Å². The van der Waals surface area contributed by atoms with Gasteiger partial charge in [0, 0.05) is 0 Å². The topological polar surface area (TPSA) is 120 Å². The second-order valence-corrected chi connectivity index (χ2v) is 7.83. The van der Waals surface area contributed by atoms with Gasteiger partial charge in [-0.3, -0.25) is 0 Å². The van der Waals surface area contributed by atoms with Gasteiger partial charge in [-0.1, -0.05) is 0 Å². The van der Waals surface area contributed by atoms with E-state index in [1.165, 1.54) is 6.92 Å². The molecule has 0 amide bonds. The molecule has 0 aromatic heterocycles. The minimum absolute atomic E-state index is 0.0208. The van der Waals surface area contributed by atoms with Crippen LogP contribution in [0.4, 0.5) is 0 Å². The summed E-state index contributed by atoms with van der Waals surface area (Å²) in [5.74, 6) is 0.0208. The fraction of sp³-hybridized carbons (Fsp3) is 1.00. The number of primary sulfonamides is 2. The van der Waals surface area contributed by atoms with Crippen molar-refractivity contribution in [3.63, 3.8) is 0 Å². The quantitative estimate of drug-likeness (QED) is 0.639. The van der Waals surface area contributed by atoms with Gasteiger partial charge < -0.3 is 0 Å². The lowest BCUT2D eigenvalue weighted by atomic mass is 10.3. The lowest BCUT2D eigenvalue weighted by Crippen LogP contribution is -2.34. The van der Waals surface area contributed by atoms with E-state index in [-0.39, 0.29) is 5.75 Å². The first kappa shape index (κ1) is 16.3. The molecule has 0 aliphatic rings. The summed E-state index contributed by atoms with van der Waals surface area (Å²) in [6, 6.07) is 0. The van der Waals surface area contributed by atoms with Gasteiger partial charge in [0.2, 0.25) is 20.0 Å². The monoisotopic (exact) mass is 246 g/mol. The summed E-state index contributed by atoms with van der Waals surface area (Å²) in [5, 5.41) is 9.29. The molecule has 6 nitrogen and oxygen atoms in total. The Bertz CT molecular complexity index is 350. The number of nitrogens with two attached hydrogens (primary N) is 2. The number of rotatable bonds is 1. The Balaban J connectivity index is 0. The van der Waals surface area contributed by atoms with Crippen molar-refractivity contribution >= 4 is 20.0 Å². The van der Waals surface area contributed by atoms with Crippen LogP contribution in [0.1, 0.15) is 27.7 Å². The Hall–Kier alpha value is -0.180. The molecule has 14 heavy (non-hydrogen) atoms. The van der Waals surface area contributed by atoms with Gasteiger partial charge >= 0.3 is 0 Å². The van der Waals surface area contributed by atoms with Crippen molar-refractivity contribution in [2.24, 2.45) is 10.3 Å². The van der Waals surface area contributed by atoms with E-state index in [1.54, 1.807) is 20.8 Å². The van der Waals surface area contributed by atoms with Crippen LogP contribution in [0.25, 0.3) is 0 Å². The summed E-state index contributed by atoms with van der Waals surface area (Å²) >= 11 is 0. The standard InChI is InChI=1S/C4H11NO2S.C2H7NO2S/c1-4(2,3)8(5,6)7;1-2-6(3,4)5/h1-3H3,(H2,5,6,7);2H2,1H3,(H2,3,4,5). The normalized spacial score (nSPS) is 13.0. The molecule has 0 aliphatic heterocycles. The van der Waals surface area contributed by atoms with Gasteiger partial charge in [-0.2, -0.15) is 0 Å². The molecule has 0 bridgehead atoms. The summed E-state index contributed by atoms with van der Waals surface area (Å²) in [7, 11) is -6.50. The summed E-state index contributed by atoms with van der Waals surface area (Å²) in [4.78, 5) is 0. The van der Waals surface area contributed by atoms with Crippen LogP contribution in [0.2, 0.25) is 0 Å². The van der Waals surface area contributed by atoms with E-state index < -0.39 is 24.8 Å². The maximum atomic E-state index is 10.4. The molecule has 0 saturated heterocycles. The maximum Gasteiger partial charge on any atom is 0.214 e. The Kier molecular flexibility index (Phi) is 5.87. The van der Waals surface area contributed by atoms with Gasteiger partial charge in [0.1, 0.15) is 0 Å². The van der Waals surface area contributed by atoms with Crippen molar-refractivity contribution < 1.29 is 16.8 Å². The minimum Gasteiger partial charge on any atom is -0.229 e. The van der Waals surface area contributed by atoms with Crippen LogP contribution in [-0.2, 0) is 20.0 Å². The highest BCUT2D eigenvalue weighted by Gasteiger charge is 2.23. The third-order valence-electron chi connectivity index (χ3n) is 1.26. The Labute approximate surface area is 85.8 Å². The van der Waals surface area contributed by atoms with Gasteiger partial charge in [0.15, 0.2) is 0 Å². The third kappa shape index (κ3) is 9.90. The van der Waals surface area contributed by atoms with Gasteiger partial charge in [-0.05, 0) is 27.7 Å². The van der Waals surface area contributed by atoms with E-state index in [9.17, 15) is 16.8 Å². The van der Waals surface area contributed by atoms with Crippen LogP contribution in [0, 0.1) is 0 Å². The van der Waals surface area contributed by atoms with Crippen molar-refractivity contribution in [2.45, 2.75) is 32.4 Å². The molecule has 0 aromatic carbocycles. The average molecular weight is 246 g/mol. The Morgan fingerprint density at radius 2 is 1.14 bits per heavy atom. The zero-order chi connectivity index (χ0) is 12.2. The number of hydrogen-bond acceptors (Lipinski definition) is 4. The second kappa shape index (κ2) is 5.06. The van der Waals surface area contributed by atoms with Crippen molar-refractivity contribution in [1.29, 1.82) is 0 Å². The molecule has 0 saturated carbocycles. The van der Waals surface area contributed by atoms with Crippen LogP contribution in [0.15, 0.2) is 0 Å². The molecule has 0 aliphatic carbocycles. The van der Waals surface area contributed by atoms with E-state index in [4.69, 9.17) is 5.14 Å². The van der Waals surface area contributed by atoms with Crippen LogP contribution < -0.4 is 10.3 Å². The van der Waals surface area contributed by atoms with Crippen LogP contribution in [0.3, 0.4) is 0 Å². The van der Waals surface area contributed by atoms with Gasteiger partial charge in [-0.15, -0.1) is 0 Å². The Morgan fingerprint density at radius 3 is 1.14 bits per heavy atom. The summed E-state index contributed by atoms with van der Waals surface area (Å²) in [5.41, 5.74) is 0. The molecule has 0 unspecified atom stereocenters. The zero-order valence-electron chi connectivity index (χ0n) is 8.81. The molecule has 0 spiro atoms. The molecule has 0 aromatic rings. The SMILES string of the molecule is CC(C)(C)S(N)(=O)=O.CCS(N)(=O)=O. The fourth-order valence-electron chi connectivity index (χ4n) is 0. The summed E-state index contributed by atoms with van der Waals surface area (Å²) in [6.07, 6.45) is 0. The molecular formula is C6H18N2O4S2. The summed E-state index contributed by atoms with van der Waals surface area (Å²) in [6.45, 7) is 6.17. The smallest absolute Gasteiger partial charge is 0.214 e. The molecule has 0 radical (unpaired) electrons. The summed E-state index contributed by atoms with van der Waals surface area (Å²) < 4.78 is 39.6. The first-order valence-electron chi connectivity index (χ1n) is 3.84.